The Labute approximate surface area is 142 Å². The lowest BCUT2D eigenvalue weighted by atomic mass is 9.84. The van der Waals surface area contributed by atoms with E-state index in [1.54, 1.807) is 0 Å². The summed E-state index contributed by atoms with van der Waals surface area (Å²) in [4.78, 5) is 47.6. The highest BCUT2D eigenvalue weighted by molar-refractivity contribution is 6.11. The Hall–Kier alpha value is -2.81. The number of β-lactam (4-membered cyclic amide) rings is 1. The van der Waals surface area contributed by atoms with Crippen molar-refractivity contribution in [2.45, 2.75) is 38.1 Å². The number of esters is 1. The van der Waals surface area contributed by atoms with Crippen LogP contribution in [-0.4, -0.2) is 50.8 Å². The number of non-ortho nitro benzene ring substituents is 1. The molecule has 9 nitrogen and oxygen atoms in total. The second-order valence-corrected chi connectivity index (χ2v) is 6.18. The minimum Gasteiger partial charge on any atom is -0.459 e. The molecule has 2 aliphatic heterocycles. The zero-order chi connectivity index (χ0) is 18.3. The van der Waals surface area contributed by atoms with Gasteiger partial charge in [0.15, 0.2) is 11.8 Å². The Balaban J connectivity index is 1.63. The Morgan fingerprint density at radius 3 is 2.60 bits per heavy atom. The van der Waals surface area contributed by atoms with Crippen molar-refractivity contribution in [3.63, 3.8) is 0 Å². The molecular formula is C16H16N2O7. The van der Waals surface area contributed by atoms with E-state index >= 15 is 0 Å². The number of benzene rings is 1. The normalized spacial score (nSPS) is 26.0. The number of ether oxygens (including phenoxy) is 1. The van der Waals surface area contributed by atoms with Gasteiger partial charge in [0.2, 0.25) is 5.91 Å². The van der Waals surface area contributed by atoms with Crippen LogP contribution in [-0.2, 0) is 25.7 Å². The molecule has 132 valence electrons. The zero-order valence-electron chi connectivity index (χ0n) is 13.3. The van der Waals surface area contributed by atoms with Crippen molar-refractivity contribution in [3.8, 4) is 0 Å². The number of aliphatic hydroxyl groups excluding tert-OH is 1. The van der Waals surface area contributed by atoms with Crippen LogP contribution in [0.4, 0.5) is 5.69 Å². The van der Waals surface area contributed by atoms with E-state index in [1.807, 2.05) is 0 Å². The average molecular weight is 348 g/mol. The van der Waals surface area contributed by atoms with Gasteiger partial charge in [-0.2, -0.15) is 0 Å². The minimum absolute atomic E-state index is 0.0264. The Morgan fingerprint density at radius 1 is 1.40 bits per heavy atom. The first kappa shape index (κ1) is 17.0. The molecule has 3 unspecified atom stereocenters. The number of nitro benzene ring substituents is 1. The lowest BCUT2D eigenvalue weighted by Gasteiger charge is -2.45. The van der Waals surface area contributed by atoms with Gasteiger partial charge >= 0.3 is 5.97 Å². The predicted octanol–water partition coefficient (Wildman–Crippen LogP) is 0.187. The van der Waals surface area contributed by atoms with E-state index in [4.69, 9.17) is 4.74 Å². The fourth-order valence-electron chi connectivity index (χ4n) is 3.33. The molecule has 2 heterocycles. The van der Waals surface area contributed by atoms with Gasteiger partial charge in [-0.15, -0.1) is 0 Å². The van der Waals surface area contributed by atoms with Crippen LogP contribution in [0.2, 0.25) is 0 Å². The van der Waals surface area contributed by atoms with Crippen molar-refractivity contribution in [3.05, 3.63) is 39.9 Å². The molecular weight excluding hydrogens is 332 g/mol. The van der Waals surface area contributed by atoms with Gasteiger partial charge in [0.25, 0.3) is 5.69 Å². The largest absolute Gasteiger partial charge is 0.459 e. The summed E-state index contributed by atoms with van der Waals surface area (Å²) in [7, 11) is 0. The van der Waals surface area contributed by atoms with Crippen molar-refractivity contribution in [2.24, 2.45) is 5.92 Å². The number of amides is 1. The summed E-state index contributed by atoms with van der Waals surface area (Å²) in [5, 5.41) is 20.2. The SMILES string of the molecule is CC(O)C1C(=O)N2C(C(=O)OCc3ccc([N+](=O)[O-])cc3)C(=O)C[C@H]12. The van der Waals surface area contributed by atoms with Crippen LogP contribution in [0.25, 0.3) is 0 Å². The van der Waals surface area contributed by atoms with Crippen LogP contribution in [0.3, 0.4) is 0 Å². The topological polar surface area (TPSA) is 127 Å². The molecule has 0 saturated carbocycles. The van der Waals surface area contributed by atoms with Gasteiger partial charge in [-0.1, -0.05) is 0 Å². The molecule has 9 heteroatoms. The number of ketones is 1. The van der Waals surface area contributed by atoms with Gasteiger partial charge in [0.1, 0.15) is 6.61 Å². The summed E-state index contributed by atoms with van der Waals surface area (Å²) in [6.07, 6.45) is -0.852. The molecule has 1 N–H and O–H groups in total. The number of hydrogen-bond acceptors (Lipinski definition) is 7. The van der Waals surface area contributed by atoms with Crippen molar-refractivity contribution in [1.29, 1.82) is 0 Å². The second-order valence-electron chi connectivity index (χ2n) is 6.18. The molecule has 1 aromatic rings. The van der Waals surface area contributed by atoms with Crippen molar-refractivity contribution in [1.82, 2.24) is 4.90 Å². The van der Waals surface area contributed by atoms with Gasteiger partial charge in [-0.3, -0.25) is 19.7 Å². The summed E-state index contributed by atoms with van der Waals surface area (Å²) in [5.41, 5.74) is 0.442. The molecule has 0 aliphatic carbocycles. The van der Waals surface area contributed by atoms with E-state index in [0.29, 0.717) is 5.56 Å². The third-order valence-corrected chi connectivity index (χ3v) is 4.58. The zero-order valence-corrected chi connectivity index (χ0v) is 13.3. The molecule has 0 radical (unpaired) electrons. The summed E-state index contributed by atoms with van der Waals surface area (Å²) in [6.45, 7) is 1.32. The third-order valence-electron chi connectivity index (χ3n) is 4.58. The van der Waals surface area contributed by atoms with E-state index in [9.17, 15) is 29.6 Å². The minimum atomic E-state index is -1.27. The number of carbonyl (C=O) groups excluding carboxylic acids is 3. The maximum atomic E-state index is 12.2. The molecule has 0 spiro atoms. The first-order valence-corrected chi connectivity index (χ1v) is 7.74. The average Bonchev–Trinajstić information content (AvgIpc) is 2.85. The summed E-state index contributed by atoms with van der Waals surface area (Å²) in [6, 6.07) is 3.73. The predicted molar refractivity (Wildman–Crippen MR) is 82.1 cm³/mol. The van der Waals surface area contributed by atoms with Crippen LogP contribution in [0.5, 0.6) is 0 Å². The fourth-order valence-corrected chi connectivity index (χ4v) is 3.33. The Bertz CT molecular complexity index is 743. The Morgan fingerprint density at radius 2 is 2.04 bits per heavy atom. The Kier molecular flexibility index (Phi) is 4.25. The molecule has 2 saturated heterocycles. The van der Waals surface area contributed by atoms with E-state index < -0.39 is 46.7 Å². The van der Waals surface area contributed by atoms with E-state index in [1.165, 1.54) is 36.1 Å². The summed E-state index contributed by atoms with van der Waals surface area (Å²) in [5.74, 6) is -2.32. The molecule has 0 aromatic heterocycles. The highest BCUT2D eigenvalue weighted by Gasteiger charge is 2.61. The van der Waals surface area contributed by atoms with Gasteiger partial charge in [-0.25, -0.2) is 4.79 Å². The number of hydrogen-bond donors (Lipinski definition) is 1. The van der Waals surface area contributed by atoms with E-state index in [2.05, 4.69) is 0 Å². The van der Waals surface area contributed by atoms with Crippen molar-refractivity contribution >= 4 is 23.3 Å². The smallest absolute Gasteiger partial charge is 0.337 e. The van der Waals surface area contributed by atoms with Gasteiger partial charge in [-0.05, 0) is 24.6 Å². The first-order chi connectivity index (χ1) is 11.8. The quantitative estimate of drug-likeness (QED) is 0.264. The molecule has 1 aromatic carbocycles. The van der Waals surface area contributed by atoms with Gasteiger partial charge in [0.05, 0.1) is 23.0 Å². The number of aliphatic hydroxyl groups is 1. The van der Waals surface area contributed by atoms with Crippen LogP contribution in [0, 0.1) is 16.0 Å². The van der Waals surface area contributed by atoms with Gasteiger partial charge < -0.3 is 14.7 Å². The molecule has 4 atom stereocenters. The maximum absolute atomic E-state index is 12.2. The molecule has 1 amide bonds. The molecule has 25 heavy (non-hydrogen) atoms. The van der Waals surface area contributed by atoms with E-state index in [-0.39, 0.29) is 18.7 Å². The monoisotopic (exact) mass is 348 g/mol. The van der Waals surface area contributed by atoms with Crippen LogP contribution < -0.4 is 0 Å². The lowest BCUT2D eigenvalue weighted by Crippen LogP contribution is -2.64. The van der Waals surface area contributed by atoms with Crippen LogP contribution in [0.1, 0.15) is 18.9 Å². The van der Waals surface area contributed by atoms with Crippen molar-refractivity contribution < 1.29 is 29.2 Å². The van der Waals surface area contributed by atoms with Crippen LogP contribution in [0.15, 0.2) is 24.3 Å². The number of Topliss-reactive ketones (excluding diaryl/α,β-unsaturated/α-hetero) is 1. The fraction of sp³-hybridized carbons (Fsp3) is 0.438. The van der Waals surface area contributed by atoms with Crippen molar-refractivity contribution in [2.75, 3.05) is 0 Å². The number of nitro groups is 1. The second kappa shape index (κ2) is 6.25. The lowest BCUT2D eigenvalue weighted by molar-refractivity contribution is -0.384. The number of nitrogens with zero attached hydrogens (tertiary/aromatic N) is 2. The van der Waals surface area contributed by atoms with Gasteiger partial charge in [0, 0.05) is 18.6 Å². The number of fused-ring (bicyclic) bond motifs is 1. The molecule has 3 rings (SSSR count). The number of carbonyl (C=O) groups is 3. The number of rotatable bonds is 5. The highest BCUT2D eigenvalue weighted by atomic mass is 16.6. The molecule has 2 fully saturated rings. The maximum Gasteiger partial charge on any atom is 0.337 e. The third kappa shape index (κ3) is 2.86. The van der Waals surface area contributed by atoms with E-state index in [0.717, 1.165) is 0 Å². The highest BCUT2D eigenvalue weighted by Crippen LogP contribution is 2.40. The molecule has 0 bridgehead atoms. The first-order valence-electron chi connectivity index (χ1n) is 7.74. The van der Waals surface area contributed by atoms with Crippen LogP contribution >= 0.6 is 0 Å². The standard InChI is InChI=1S/C16H16N2O7/c1-8(19)13-11-6-12(20)14(17(11)15(13)21)16(22)25-7-9-2-4-10(5-3-9)18(23)24/h2-5,8,11,13-14,19H,6-7H2,1H3/t8?,11-,13?,14?/m1/s1. The summed E-state index contributed by atoms with van der Waals surface area (Å²) < 4.78 is 5.09. The summed E-state index contributed by atoms with van der Waals surface area (Å²) >= 11 is 0. The molecule has 2 aliphatic rings.